The molecule has 238 valence electrons. The highest BCUT2D eigenvalue weighted by Crippen LogP contribution is 2.42. The second kappa shape index (κ2) is 12.2. The van der Waals surface area contributed by atoms with Crippen molar-refractivity contribution in [2.45, 2.75) is 0 Å². The van der Waals surface area contributed by atoms with E-state index in [0.29, 0.717) is 5.82 Å². The van der Waals surface area contributed by atoms with E-state index < -0.39 is 0 Å². The molecule has 0 N–H and O–H groups in total. The largest absolute Gasteiger partial charge is 0.228 e. The van der Waals surface area contributed by atoms with Crippen LogP contribution >= 0.6 is 11.3 Å². The molecule has 0 radical (unpaired) electrons. The van der Waals surface area contributed by atoms with Gasteiger partial charge in [-0.1, -0.05) is 140 Å². The molecular weight excluding hydrogens is 637 g/mol. The zero-order chi connectivity index (χ0) is 33.7. The predicted octanol–water partition coefficient (Wildman–Crippen LogP) is 13.5. The average Bonchev–Trinajstić information content (AvgIpc) is 3.59. The van der Waals surface area contributed by atoms with Crippen LogP contribution < -0.4 is 0 Å². The van der Waals surface area contributed by atoms with Crippen molar-refractivity contribution >= 4 is 53.1 Å². The average molecular weight is 667 g/mol. The van der Waals surface area contributed by atoms with Gasteiger partial charge in [-0.2, -0.15) is 0 Å². The third-order valence-electron chi connectivity index (χ3n) is 9.83. The lowest BCUT2D eigenvalue weighted by molar-refractivity contribution is 1.18. The van der Waals surface area contributed by atoms with E-state index in [1.165, 1.54) is 58.4 Å². The van der Waals surface area contributed by atoms with E-state index in [9.17, 15) is 0 Å². The molecule has 0 aliphatic carbocycles. The van der Waals surface area contributed by atoms with Gasteiger partial charge in [-0.25, -0.2) is 9.97 Å². The highest BCUT2D eigenvalue weighted by Gasteiger charge is 2.16. The zero-order valence-corrected chi connectivity index (χ0v) is 28.4. The standard InChI is InChI=1S/C48H30N2S/c1-2-13-33(14-3-1)44-30-45(50-48(49-44)37-24-22-32-12-5-7-16-35(32)26-37)40-28-38(36-23-21-31-11-4-6-15-34(31)25-36)27-39(29-40)41-18-10-19-43-42-17-8-9-20-46(42)51-47(41)43/h1-30H. The van der Waals surface area contributed by atoms with Gasteiger partial charge in [0.15, 0.2) is 5.82 Å². The molecule has 8 aromatic carbocycles. The first-order valence-electron chi connectivity index (χ1n) is 17.2. The zero-order valence-electron chi connectivity index (χ0n) is 27.6. The summed E-state index contributed by atoms with van der Waals surface area (Å²) in [4.78, 5) is 10.5. The minimum absolute atomic E-state index is 0.710. The smallest absolute Gasteiger partial charge is 0.160 e. The third-order valence-corrected chi connectivity index (χ3v) is 11.1. The van der Waals surface area contributed by atoms with Crippen molar-refractivity contribution in [3.8, 4) is 56.2 Å². The molecule has 3 heteroatoms. The first-order valence-corrected chi connectivity index (χ1v) is 18.0. The van der Waals surface area contributed by atoms with Gasteiger partial charge >= 0.3 is 0 Å². The van der Waals surface area contributed by atoms with Crippen LogP contribution in [0.1, 0.15) is 0 Å². The first-order chi connectivity index (χ1) is 25.2. The SMILES string of the molecule is c1ccc(-c2cc(-c3cc(-c4ccc5ccccc5c4)cc(-c4cccc5c4sc4ccccc45)c3)nc(-c3ccc4ccccc4c3)n2)cc1. The highest BCUT2D eigenvalue weighted by molar-refractivity contribution is 7.26. The second-order valence-electron chi connectivity index (χ2n) is 13.0. The summed E-state index contributed by atoms with van der Waals surface area (Å²) in [6.07, 6.45) is 0. The number of fused-ring (bicyclic) bond motifs is 5. The molecule has 10 aromatic rings. The Balaban J connectivity index is 1.23. The fourth-order valence-electron chi connectivity index (χ4n) is 7.25. The number of nitrogens with zero attached hydrogens (tertiary/aromatic N) is 2. The van der Waals surface area contributed by atoms with E-state index >= 15 is 0 Å². The normalized spacial score (nSPS) is 11.5. The van der Waals surface area contributed by atoms with Crippen LogP contribution in [0.5, 0.6) is 0 Å². The Morgan fingerprint density at radius 2 is 0.922 bits per heavy atom. The monoisotopic (exact) mass is 666 g/mol. The van der Waals surface area contributed by atoms with E-state index in [-0.39, 0.29) is 0 Å². The molecule has 2 aromatic heterocycles. The summed E-state index contributed by atoms with van der Waals surface area (Å²) >= 11 is 1.86. The molecule has 0 amide bonds. The van der Waals surface area contributed by atoms with Crippen LogP contribution in [0.3, 0.4) is 0 Å². The lowest BCUT2D eigenvalue weighted by Crippen LogP contribution is -1.97. The van der Waals surface area contributed by atoms with E-state index in [1.54, 1.807) is 0 Å². The Morgan fingerprint density at radius 1 is 0.333 bits per heavy atom. The Hall–Kier alpha value is -6.42. The van der Waals surface area contributed by atoms with Crippen molar-refractivity contribution in [3.05, 3.63) is 182 Å². The molecule has 0 aliphatic rings. The molecule has 0 saturated heterocycles. The molecule has 0 aliphatic heterocycles. The summed E-state index contributed by atoms with van der Waals surface area (Å²) in [7, 11) is 0. The summed E-state index contributed by atoms with van der Waals surface area (Å²) in [5.41, 5.74) is 9.61. The maximum absolute atomic E-state index is 5.31. The van der Waals surface area contributed by atoms with Gasteiger partial charge in [0, 0.05) is 36.9 Å². The van der Waals surface area contributed by atoms with E-state index in [2.05, 4.69) is 176 Å². The predicted molar refractivity (Wildman–Crippen MR) is 217 cm³/mol. The van der Waals surface area contributed by atoms with Gasteiger partial charge in [-0.05, 0) is 86.3 Å². The van der Waals surface area contributed by atoms with Crippen LogP contribution in [-0.4, -0.2) is 9.97 Å². The van der Waals surface area contributed by atoms with Gasteiger partial charge in [-0.3, -0.25) is 0 Å². The van der Waals surface area contributed by atoms with E-state index in [0.717, 1.165) is 33.6 Å². The van der Waals surface area contributed by atoms with Gasteiger partial charge in [0.05, 0.1) is 11.4 Å². The van der Waals surface area contributed by atoms with Crippen molar-refractivity contribution in [3.63, 3.8) is 0 Å². The summed E-state index contributed by atoms with van der Waals surface area (Å²) in [5.74, 6) is 0.710. The summed E-state index contributed by atoms with van der Waals surface area (Å²) in [6, 6.07) is 65.2. The first kappa shape index (κ1) is 29.5. The maximum Gasteiger partial charge on any atom is 0.160 e. The molecule has 0 bridgehead atoms. The van der Waals surface area contributed by atoms with Gasteiger partial charge in [-0.15, -0.1) is 11.3 Å². The topological polar surface area (TPSA) is 25.8 Å². The maximum atomic E-state index is 5.31. The molecule has 10 rings (SSSR count). The molecule has 2 heterocycles. The van der Waals surface area contributed by atoms with Crippen molar-refractivity contribution in [1.82, 2.24) is 9.97 Å². The lowest BCUT2D eigenvalue weighted by atomic mass is 9.93. The number of benzene rings is 8. The van der Waals surface area contributed by atoms with Crippen molar-refractivity contribution in [2.24, 2.45) is 0 Å². The van der Waals surface area contributed by atoms with Crippen LogP contribution in [-0.2, 0) is 0 Å². The Bertz CT molecular complexity index is 2920. The molecule has 0 unspecified atom stereocenters. The van der Waals surface area contributed by atoms with Gasteiger partial charge < -0.3 is 0 Å². The van der Waals surface area contributed by atoms with Crippen molar-refractivity contribution in [2.75, 3.05) is 0 Å². The third kappa shape index (κ3) is 5.36. The molecular formula is C48H30N2S. The molecule has 0 saturated carbocycles. The van der Waals surface area contributed by atoms with Crippen molar-refractivity contribution in [1.29, 1.82) is 0 Å². The number of hydrogen-bond acceptors (Lipinski definition) is 3. The molecule has 0 spiro atoms. The quantitative estimate of drug-likeness (QED) is 0.183. The molecule has 2 nitrogen and oxygen atoms in total. The number of thiophene rings is 1. The minimum Gasteiger partial charge on any atom is -0.228 e. The Labute approximate surface area is 300 Å². The highest BCUT2D eigenvalue weighted by atomic mass is 32.1. The molecule has 51 heavy (non-hydrogen) atoms. The Morgan fingerprint density at radius 3 is 1.71 bits per heavy atom. The second-order valence-corrected chi connectivity index (χ2v) is 14.1. The number of hydrogen-bond donors (Lipinski definition) is 0. The molecule has 0 fully saturated rings. The number of rotatable bonds is 5. The van der Waals surface area contributed by atoms with Crippen molar-refractivity contribution < 1.29 is 0 Å². The number of aromatic nitrogens is 2. The van der Waals surface area contributed by atoms with E-state index in [4.69, 9.17) is 9.97 Å². The Kier molecular flexibility index (Phi) is 7.04. The fraction of sp³-hybridized carbons (Fsp3) is 0. The van der Waals surface area contributed by atoms with Crippen LogP contribution in [0, 0.1) is 0 Å². The van der Waals surface area contributed by atoms with E-state index in [1.807, 2.05) is 17.4 Å². The van der Waals surface area contributed by atoms with Crippen LogP contribution in [0.4, 0.5) is 0 Å². The molecule has 0 atom stereocenters. The summed E-state index contributed by atoms with van der Waals surface area (Å²) in [6.45, 7) is 0. The minimum atomic E-state index is 0.710. The van der Waals surface area contributed by atoms with Crippen LogP contribution in [0.25, 0.3) is 97.9 Å². The lowest BCUT2D eigenvalue weighted by Gasteiger charge is -2.14. The van der Waals surface area contributed by atoms with Gasteiger partial charge in [0.2, 0.25) is 0 Å². The van der Waals surface area contributed by atoms with Gasteiger partial charge in [0.1, 0.15) is 0 Å². The van der Waals surface area contributed by atoms with Gasteiger partial charge in [0.25, 0.3) is 0 Å². The summed E-state index contributed by atoms with van der Waals surface area (Å²) in [5, 5.41) is 7.41. The fourth-order valence-corrected chi connectivity index (χ4v) is 8.49. The summed E-state index contributed by atoms with van der Waals surface area (Å²) < 4.78 is 2.60. The van der Waals surface area contributed by atoms with Crippen LogP contribution in [0.2, 0.25) is 0 Å². The van der Waals surface area contributed by atoms with Crippen LogP contribution in [0.15, 0.2) is 182 Å².